The van der Waals surface area contributed by atoms with Crippen LogP contribution in [0.1, 0.15) is 48.5 Å². The molecule has 2 nitrogen and oxygen atoms in total. The number of Topliss-reactive ketones (excluding diaryl/α,β-unsaturated/α-hetero) is 1. The van der Waals surface area contributed by atoms with Gasteiger partial charge < -0.3 is 4.74 Å². The van der Waals surface area contributed by atoms with Crippen molar-refractivity contribution in [3.05, 3.63) is 35.4 Å². The van der Waals surface area contributed by atoms with E-state index in [1.54, 1.807) is 0 Å². The largest absolute Gasteiger partial charge is 0.381 e. The Balaban J connectivity index is 2.09. The molecule has 2 atom stereocenters. The van der Waals surface area contributed by atoms with Crippen molar-refractivity contribution in [3.63, 3.8) is 0 Å². The third kappa shape index (κ3) is 2.75. The molecule has 0 aromatic heterocycles. The van der Waals surface area contributed by atoms with Gasteiger partial charge in [-0.25, -0.2) is 0 Å². The van der Waals surface area contributed by atoms with Crippen molar-refractivity contribution in [2.75, 3.05) is 13.2 Å². The zero-order chi connectivity index (χ0) is 12.3. The third-order valence-electron chi connectivity index (χ3n) is 3.68. The van der Waals surface area contributed by atoms with Crippen LogP contribution in [0.2, 0.25) is 0 Å². The molecule has 0 bridgehead atoms. The number of ether oxygens (including phenoxy) is 1. The molecule has 1 aromatic rings. The van der Waals surface area contributed by atoms with Crippen LogP contribution in [0.3, 0.4) is 0 Å². The van der Waals surface area contributed by atoms with Gasteiger partial charge in [-0.05, 0) is 24.3 Å². The van der Waals surface area contributed by atoms with Crippen LogP contribution < -0.4 is 0 Å². The molecule has 1 aliphatic heterocycles. The molecule has 0 saturated carbocycles. The lowest BCUT2D eigenvalue weighted by Gasteiger charge is -2.11. The van der Waals surface area contributed by atoms with Gasteiger partial charge in [0.1, 0.15) is 0 Å². The van der Waals surface area contributed by atoms with Crippen LogP contribution in [-0.4, -0.2) is 19.0 Å². The Kier molecular flexibility index (Phi) is 3.95. The molecule has 0 radical (unpaired) electrons. The summed E-state index contributed by atoms with van der Waals surface area (Å²) in [4.78, 5) is 12.1. The number of carbonyl (C=O) groups is 1. The van der Waals surface area contributed by atoms with E-state index < -0.39 is 0 Å². The van der Waals surface area contributed by atoms with Gasteiger partial charge in [0.05, 0.1) is 6.61 Å². The normalized spacial score (nSPS) is 21.4. The molecule has 0 aliphatic carbocycles. The first-order valence-corrected chi connectivity index (χ1v) is 6.44. The minimum atomic E-state index is 0.0736. The number of ketones is 1. The minimum Gasteiger partial charge on any atom is -0.381 e. The highest BCUT2D eigenvalue weighted by molar-refractivity contribution is 5.98. The predicted molar refractivity (Wildman–Crippen MR) is 68.4 cm³/mol. The molecule has 2 unspecified atom stereocenters. The number of benzene rings is 1. The lowest BCUT2D eigenvalue weighted by molar-refractivity contribution is 0.0900. The van der Waals surface area contributed by atoms with Crippen molar-refractivity contribution in [1.82, 2.24) is 0 Å². The Hall–Kier alpha value is -1.15. The molecular weight excluding hydrogens is 212 g/mol. The second kappa shape index (κ2) is 5.46. The molecule has 1 saturated heterocycles. The Labute approximate surface area is 103 Å². The SMILES string of the molecule is CCC(C)c1ccc(C(=O)C2CCOC2)cc1. The first kappa shape index (κ1) is 12.3. The summed E-state index contributed by atoms with van der Waals surface area (Å²) in [6, 6.07) is 8.08. The van der Waals surface area contributed by atoms with Crippen LogP contribution in [0, 0.1) is 5.92 Å². The van der Waals surface area contributed by atoms with Gasteiger partial charge in [-0.1, -0.05) is 38.1 Å². The van der Waals surface area contributed by atoms with Crippen molar-refractivity contribution in [2.45, 2.75) is 32.6 Å². The van der Waals surface area contributed by atoms with E-state index >= 15 is 0 Å². The van der Waals surface area contributed by atoms with Crippen LogP contribution in [0.15, 0.2) is 24.3 Å². The van der Waals surface area contributed by atoms with E-state index in [1.807, 2.05) is 12.1 Å². The topological polar surface area (TPSA) is 26.3 Å². The number of hydrogen-bond acceptors (Lipinski definition) is 2. The third-order valence-corrected chi connectivity index (χ3v) is 3.68. The van der Waals surface area contributed by atoms with Crippen LogP contribution in [0.25, 0.3) is 0 Å². The van der Waals surface area contributed by atoms with Crippen molar-refractivity contribution in [3.8, 4) is 0 Å². The van der Waals surface area contributed by atoms with E-state index in [1.165, 1.54) is 5.56 Å². The Morgan fingerprint density at radius 2 is 2.12 bits per heavy atom. The van der Waals surface area contributed by atoms with E-state index in [2.05, 4.69) is 26.0 Å². The van der Waals surface area contributed by atoms with Crippen molar-refractivity contribution < 1.29 is 9.53 Å². The average molecular weight is 232 g/mol. The van der Waals surface area contributed by atoms with Gasteiger partial charge in [0, 0.05) is 18.1 Å². The summed E-state index contributed by atoms with van der Waals surface area (Å²) >= 11 is 0. The summed E-state index contributed by atoms with van der Waals surface area (Å²) in [6.07, 6.45) is 2.00. The van der Waals surface area contributed by atoms with Gasteiger partial charge >= 0.3 is 0 Å². The molecule has 0 amide bonds. The smallest absolute Gasteiger partial charge is 0.168 e. The number of hydrogen-bond donors (Lipinski definition) is 0. The average Bonchev–Trinajstić information content (AvgIpc) is 2.91. The lowest BCUT2D eigenvalue weighted by Crippen LogP contribution is -2.14. The fourth-order valence-corrected chi connectivity index (χ4v) is 2.19. The van der Waals surface area contributed by atoms with Gasteiger partial charge in [0.25, 0.3) is 0 Å². The van der Waals surface area contributed by atoms with Crippen LogP contribution >= 0.6 is 0 Å². The second-order valence-corrected chi connectivity index (χ2v) is 4.86. The summed E-state index contributed by atoms with van der Waals surface area (Å²) < 4.78 is 5.26. The highest BCUT2D eigenvalue weighted by Gasteiger charge is 2.24. The summed E-state index contributed by atoms with van der Waals surface area (Å²) in [7, 11) is 0. The molecule has 1 aromatic carbocycles. The number of rotatable bonds is 4. The molecule has 2 heteroatoms. The van der Waals surface area contributed by atoms with E-state index in [-0.39, 0.29) is 11.7 Å². The highest BCUT2D eigenvalue weighted by atomic mass is 16.5. The Morgan fingerprint density at radius 1 is 1.41 bits per heavy atom. The summed E-state index contributed by atoms with van der Waals surface area (Å²) in [5.74, 6) is 0.872. The van der Waals surface area contributed by atoms with Crippen molar-refractivity contribution in [1.29, 1.82) is 0 Å². The fraction of sp³-hybridized carbons (Fsp3) is 0.533. The molecule has 92 valence electrons. The molecule has 0 N–H and O–H groups in total. The molecule has 17 heavy (non-hydrogen) atoms. The molecule has 0 spiro atoms. The molecule has 2 rings (SSSR count). The minimum absolute atomic E-state index is 0.0736. The summed E-state index contributed by atoms with van der Waals surface area (Å²) in [5, 5.41) is 0. The van der Waals surface area contributed by atoms with Gasteiger partial charge in [-0.3, -0.25) is 4.79 Å². The van der Waals surface area contributed by atoms with E-state index in [0.29, 0.717) is 12.5 Å². The molecular formula is C15H20O2. The van der Waals surface area contributed by atoms with Crippen molar-refractivity contribution in [2.24, 2.45) is 5.92 Å². The van der Waals surface area contributed by atoms with Gasteiger partial charge in [-0.2, -0.15) is 0 Å². The van der Waals surface area contributed by atoms with E-state index in [9.17, 15) is 4.79 Å². The quantitative estimate of drug-likeness (QED) is 0.743. The zero-order valence-corrected chi connectivity index (χ0v) is 10.6. The zero-order valence-electron chi connectivity index (χ0n) is 10.6. The maximum atomic E-state index is 12.1. The lowest BCUT2D eigenvalue weighted by atomic mass is 9.93. The van der Waals surface area contributed by atoms with Gasteiger partial charge in [0.15, 0.2) is 5.78 Å². The maximum Gasteiger partial charge on any atom is 0.168 e. The second-order valence-electron chi connectivity index (χ2n) is 4.86. The first-order valence-electron chi connectivity index (χ1n) is 6.44. The van der Waals surface area contributed by atoms with Crippen LogP contribution in [0.5, 0.6) is 0 Å². The van der Waals surface area contributed by atoms with Gasteiger partial charge in [-0.15, -0.1) is 0 Å². The monoisotopic (exact) mass is 232 g/mol. The predicted octanol–water partition coefficient (Wildman–Crippen LogP) is 3.42. The maximum absolute atomic E-state index is 12.1. The van der Waals surface area contributed by atoms with Crippen LogP contribution in [0.4, 0.5) is 0 Å². The molecule has 1 aliphatic rings. The van der Waals surface area contributed by atoms with Crippen molar-refractivity contribution >= 4 is 5.78 Å². The standard InChI is InChI=1S/C15H20O2/c1-3-11(2)12-4-6-13(7-5-12)15(16)14-8-9-17-10-14/h4-7,11,14H,3,8-10H2,1-2H3. The van der Waals surface area contributed by atoms with E-state index in [4.69, 9.17) is 4.74 Å². The Morgan fingerprint density at radius 3 is 2.65 bits per heavy atom. The highest BCUT2D eigenvalue weighted by Crippen LogP contribution is 2.22. The molecule has 1 fully saturated rings. The Bertz CT molecular complexity index is 374. The number of carbonyl (C=O) groups excluding carboxylic acids is 1. The molecule has 1 heterocycles. The van der Waals surface area contributed by atoms with E-state index in [0.717, 1.165) is 25.0 Å². The summed E-state index contributed by atoms with van der Waals surface area (Å²) in [5.41, 5.74) is 2.14. The van der Waals surface area contributed by atoms with Gasteiger partial charge in [0.2, 0.25) is 0 Å². The fourth-order valence-electron chi connectivity index (χ4n) is 2.19. The first-order chi connectivity index (χ1) is 8.22. The van der Waals surface area contributed by atoms with Crippen LogP contribution in [-0.2, 0) is 4.74 Å². The summed E-state index contributed by atoms with van der Waals surface area (Å²) in [6.45, 7) is 5.70.